The summed E-state index contributed by atoms with van der Waals surface area (Å²) >= 11 is 0. The van der Waals surface area contributed by atoms with E-state index in [4.69, 9.17) is 4.74 Å². The normalized spacial score (nSPS) is 33.2. The molecule has 3 heterocycles. The molecule has 2 unspecified atom stereocenters. The van der Waals surface area contributed by atoms with Gasteiger partial charge in [0, 0.05) is 24.5 Å². The fourth-order valence-corrected chi connectivity index (χ4v) is 3.63. The van der Waals surface area contributed by atoms with Crippen molar-refractivity contribution >= 4 is 11.0 Å². The maximum absolute atomic E-state index is 11.2. The quantitative estimate of drug-likeness (QED) is 0.856. The highest BCUT2D eigenvalue weighted by atomic mass is 16.5. The van der Waals surface area contributed by atoms with Crippen LogP contribution >= 0.6 is 0 Å². The van der Waals surface area contributed by atoms with Gasteiger partial charge in [0.25, 0.3) is 0 Å². The molecular formula is C16H19N3O2. The smallest absolute Gasteiger partial charge is 0.0928 e. The largest absolute Gasteiger partial charge is 0.385 e. The van der Waals surface area contributed by atoms with Crippen LogP contribution in [0.1, 0.15) is 18.4 Å². The van der Waals surface area contributed by atoms with Crippen LogP contribution in [0.3, 0.4) is 0 Å². The molecule has 2 saturated heterocycles. The van der Waals surface area contributed by atoms with Crippen molar-refractivity contribution in [2.75, 3.05) is 20.3 Å². The number of hydrogen-bond donors (Lipinski definition) is 1. The number of likely N-dealkylation sites (N-methyl/N-ethyl adjacent to an activating group) is 1. The highest BCUT2D eigenvalue weighted by molar-refractivity contribution is 5.74. The van der Waals surface area contributed by atoms with E-state index in [0.717, 1.165) is 16.6 Å². The van der Waals surface area contributed by atoms with Crippen molar-refractivity contribution in [3.8, 4) is 0 Å². The Hall–Kier alpha value is -1.56. The molecule has 0 aliphatic carbocycles. The molecule has 110 valence electrons. The van der Waals surface area contributed by atoms with Gasteiger partial charge in [-0.25, -0.2) is 0 Å². The van der Waals surface area contributed by atoms with Gasteiger partial charge in [0.1, 0.15) is 0 Å². The maximum Gasteiger partial charge on any atom is 0.0928 e. The number of benzene rings is 1. The Balaban J connectivity index is 1.73. The first-order valence-corrected chi connectivity index (χ1v) is 7.39. The first kappa shape index (κ1) is 13.1. The standard InChI is InChI=1S/C16H19N3O2/c1-19-12-7-16(20,8-13(19)10-21-9-12)11-2-3-14-15(6-11)18-5-4-17-14/h2-6,12-13,20H,7-10H2,1H3. The van der Waals surface area contributed by atoms with Crippen molar-refractivity contribution in [3.63, 3.8) is 0 Å². The van der Waals surface area contributed by atoms with E-state index >= 15 is 0 Å². The van der Waals surface area contributed by atoms with Crippen LogP contribution in [0.25, 0.3) is 11.0 Å². The summed E-state index contributed by atoms with van der Waals surface area (Å²) in [6, 6.07) is 6.46. The molecule has 4 rings (SSSR count). The fourth-order valence-electron chi connectivity index (χ4n) is 3.63. The predicted octanol–water partition coefficient (Wildman–Crippen LogP) is 1.31. The molecule has 0 radical (unpaired) electrons. The number of aromatic nitrogens is 2. The van der Waals surface area contributed by atoms with E-state index in [1.165, 1.54) is 0 Å². The third-order valence-corrected chi connectivity index (χ3v) is 4.93. The predicted molar refractivity (Wildman–Crippen MR) is 78.8 cm³/mol. The Kier molecular flexibility index (Phi) is 2.96. The summed E-state index contributed by atoms with van der Waals surface area (Å²) < 4.78 is 5.63. The van der Waals surface area contributed by atoms with Crippen LogP contribution in [0.5, 0.6) is 0 Å². The van der Waals surface area contributed by atoms with Crippen molar-refractivity contribution in [2.24, 2.45) is 0 Å². The first-order valence-electron chi connectivity index (χ1n) is 7.39. The number of ether oxygens (including phenoxy) is 1. The lowest BCUT2D eigenvalue weighted by Crippen LogP contribution is -2.59. The van der Waals surface area contributed by atoms with Gasteiger partial charge in [0.2, 0.25) is 0 Å². The number of fused-ring (bicyclic) bond motifs is 3. The van der Waals surface area contributed by atoms with Gasteiger partial charge in [0.15, 0.2) is 0 Å². The zero-order chi connectivity index (χ0) is 14.4. The van der Waals surface area contributed by atoms with Crippen molar-refractivity contribution in [3.05, 3.63) is 36.2 Å². The summed E-state index contributed by atoms with van der Waals surface area (Å²) in [6.45, 7) is 1.39. The lowest BCUT2D eigenvalue weighted by molar-refractivity contribution is -0.137. The Morgan fingerprint density at radius 1 is 1.14 bits per heavy atom. The molecule has 1 aromatic heterocycles. The molecule has 21 heavy (non-hydrogen) atoms. The first-order chi connectivity index (χ1) is 10.2. The monoisotopic (exact) mass is 285 g/mol. The average Bonchev–Trinajstić information content (AvgIpc) is 2.49. The van der Waals surface area contributed by atoms with E-state index in [2.05, 4.69) is 21.9 Å². The molecule has 2 aliphatic rings. The number of piperidine rings is 1. The second kappa shape index (κ2) is 4.73. The summed E-state index contributed by atoms with van der Waals surface area (Å²) in [4.78, 5) is 11.0. The van der Waals surface area contributed by atoms with E-state index in [0.29, 0.717) is 26.1 Å². The van der Waals surface area contributed by atoms with Crippen molar-refractivity contribution in [2.45, 2.75) is 30.5 Å². The minimum atomic E-state index is -0.794. The Morgan fingerprint density at radius 2 is 1.81 bits per heavy atom. The van der Waals surface area contributed by atoms with Gasteiger partial charge in [-0.1, -0.05) is 6.07 Å². The molecule has 2 bridgehead atoms. The van der Waals surface area contributed by atoms with Crippen LogP contribution in [0.15, 0.2) is 30.6 Å². The molecule has 0 spiro atoms. The second-order valence-electron chi connectivity index (χ2n) is 6.21. The molecule has 5 nitrogen and oxygen atoms in total. The van der Waals surface area contributed by atoms with E-state index in [-0.39, 0.29) is 12.1 Å². The molecule has 2 atom stereocenters. The van der Waals surface area contributed by atoms with Crippen LogP contribution in [0.2, 0.25) is 0 Å². The number of aliphatic hydroxyl groups is 1. The van der Waals surface area contributed by atoms with Gasteiger partial charge in [-0.05, 0) is 37.6 Å². The van der Waals surface area contributed by atoms with E-state index in [9.17, 15) is 5.11 Å². The lowest BCUT2D eigenvalue weighted by Gasteiger charge is -2.50. The number of nitrogens with zero attached hydrogens (tertiary/aromatic N) is 3. The molecule has 2 aromatic rings. The van der Waals surface area contributed by atoms with Crippen LogP contribution in [-0.2, 0) is 10.3 Å². The summed E-state index contributed by atoms with van der Waals surface area (Å²) in [5, 5.41) is 11.2. The molecule has 2 aliphatic heterocycles. The number of rotatable bonds is 1. The summed E-state index contributed by atoms with van der Waals surface area (Å²) in [6.07, 6.45) is 4.78. The van der Waals surface area contributed by atoms with Crippen LogP contribution in [-0.4, -0.2) is 52.3 Å². The zero-order valence-corrected chi connectivity index (χ0v) is 12.1. The Bertz CT molecular complexity index is 661. The van der Waals surface area contributed by atoms with Gasteiger partial charge in [0.05, 0.1) is 29.8 Å². The maximum atomic E-state index is 11.2. The van der Waals surface area contributed by atoms with E-state index in [1.54, 1.807) is 12.4 Å². The fraction of sp³-hybridized carbons (Fsp3) is 0.500. The van der Waals surface area contributed by atoms with Gasteiger partial charge < -0.3 is 9.84 Å². The average molecular weight is 285 g/mol. The van der Waals surface area contributed by atoms with Gasteiger partial charge in [-0.3, -0.25) is 14.9 Å². The molecule has 2 fully saturated rings. The van der Waals surface area contributed by atoms with Crippen molar-refractivity contribution in [1.29, 1.82) is 0 Å². The summed E-state index contributed by atoms with van der Waals surface area (Å²) in [5.74, 6) is 0. The van der Waals surface area contributed by atoms with Crippen molar-refractivity contribution in [1.82, 2.24) is 14.9 Å². The number of hydrogen-bond acceptors (Lipinski definition) is 5. The highest BCUT2D eigenvalue weighted by Gasteiger charge is 2.45. The molecular weight excluding hydrogens is 266 g/mol. The second-order valence-corrected chi connectivity index (χ2v) is 6.21. The molecule has 1 aromatic carbocycles. The highest BCUT2D eigenvalue weighted by Crippen LogP contribution is 2.40. The molecule has 0 saturated carbocycles. The van der Waals surface area contributed by atoms with Gasteiger partial charge >= 0.3 is 0 Å². The topological polar surface area (TPSA) is 58.5 Å². The van der Waals surface area contributed by atoms with Crippen LogP contribution < -0.4 is 0 Å². The summed E-state index contributed by atoms with van der Waals surface area (Å²) in [7, 11) is 2.13. The molecule has 1 N–H and O–H groups in total. The minimum absolute atomic E-state index is 0.278. The van der Waals surface area contributed by atoms with Crippen LogP contribution in [0.4, 0.5) is 0 Å². The Labute approximate surface area is 123 Å². The number of morpholine rings is 1. The zero-order valence-electron chi connectivity index (χ0n) is 12.1. The van der Waals surface area contributed by atoms with Gasteiger partial charge in [-0.15, -0.1) is 0 Å². The summed E-state index contributed by atoms with van der Waals surface area (Å²) in [5.41, 5.74) is 1.85. The molecule has 0 amide bonds. The van der Waals surface area contributed by atoms with Crippen molar-refractivity contribution < 1.29 is 9.84 Å². The minimum Gasteiger partial charge on any atom is -0.385 e. The Morgan fingerprint density at radius 3 is 2.52 bits per heavy atom. The van der Waals surface area contributed by atoms with E-state index in [1.807, 2.05) is 18.2 Å². The van der Waals surface area contributed by atoms with Gasteiger partial charge in [-0.2, -0.15) is 0 Å². The molecule has 5 heteroatoms. The van der Waals surface area contributed by atoms with E-state index < -0.39 is 5.60 Å². The van der Waals surface area contributed by atoms with Crippen LogP contribution in [0, 0.1) is 0 Å². The third kappa shape index (κ3) is 2.12. The SMILES string of the molecule is CN1C2COCC1CC(O)(c1ccc3nccnc3c1)C2. The lowest BCUT2D eigenvalue weighted by atomic mass is 9.77. The third-order valence-electron chi connectivity index (χ3n) is 4.93.